The van der Waals surface area contributed by atoms with Gasteiger partial charge < -0.3 is 10.4 Å². The van der Waals surface area contributed by atoms with Crippen molar-refractivity contribution in [2.45, 2.75) is 42.6 Å². The lowest BCUT2D eigenvalue weighted by Gasteiger charge is -2.29. The van der Waals surface area contributed by atoms with Gasteiger partial charge in [-0.05, 0) is 19.1 Å². The third-order valence-corrected chi connectivity index (χ3v) is 7.09. The molecule has 0 aromatic heterocycles. The van der Waals surface area contributed by atoms with E-state index in [4.69, 9.17) is 0 Å². The Balaban J connectivity index is 1.90. The van der Waals surface area contributed by atoms with E-state index in [9.17, 15) is 13.5 Å². The van der Waals surface area contributed by atoms with Crippen molar-refractivity contribution in [1.29, 1.82) is 0 Å². The first-order valence-corrected chi connectivity index (χ1v) is 9.18. The van der Waals surface area contributed by atoms with Crippen LogP contribution in [0, 0.1) is 0 Å². The van der Waals surface area contributed by atoms with Gasteiger partial charge in [-0.25, -0.2) is 8.42 Å². The highest BCUT2D eigenvalue weighted by atomic mass is 32.2. The van der Waals surface area contributed by atoms with Crippen LogP contribution in [0.25, 0.3) is 0 Å². The zero-order valence-corrected chi connectivity index (χ0v) is 11.8. The number of aliphatic hydroxyl groups is 1. The third-order valence-electron chi connectivity index (χ3n) is 3.96. The van der Waals surface area contributed by atoms with E-state index in [0.29, 0.717) is 0 Å². The lowest BCUT2D eigenvalue weighted by atomic mass is 10.1. The fourth-order valence-electron chi connectivity index (χ4n) is 2.81. The molecule has 2 rings (SSSR count). The topological polar surface area (TPSA) is 66.4 Å². The highest BCUT2D eigenvalue weighted by molar-refractivity contribution is 8.00. The zero-order chi connectivity index (χ0) is 12.5. The van der Waals surface area contributed by atoms with Crippen molar-refractivity contribution in [2.75, 3.05) is 24.3 Å². The maximum absolute atomic E-state index is 11.4. The minimum atomic E-state index is -3.04. The molecule has 100 valence electrons. The normalized spacial score (nSPS) is 35.2. The van der Waals surface area contributed by atoms with E-state index in [0.717, 1.165) is 6.54 Å². The number of sulfone groups is 1. The van der Waals surface area contributed by atoms with Crippen LogP contribution in [0.4, 0.5) is 0 Å². The highest BCUT2D eigenvalue weighted by Crippen LogP contribution is 2.39. The number of rotatable bonds is 4. The van der Waals surface area contributed by atoms with E-state index in [2.05, 4.69) is 11.6 Å². The monoisotopic (exact) mass is 279 g/mol. The van der Waals surface area contributed by atoms with Crippen LogP contribution in [0.2, 0.25) is 0 Å². The number of nitrogens with one attached hydrogen (secondary N) is 1. The average Bonchev–Trinajstić information content (AvgIpc) is 2.81. The van der Waals surface area contributed by atoms with Gasteiger partial charge in [0.1, 0.15) is 0 Å². The highest BCUT2D eigenvalue weighted by Gasteiger charge is 2.39. The van der Waals surface area contributed by atoms with E-state index in [-0.39, 0.29) is 22.3 Å². The molecule has 2 atom stereocenters. The molecule has 0 radical (unpaired) electrons. The predicted octanol–water partition coefficient (Wildman–Crippen LogP) is 0.410. The second-order valence-corrected chi connectivity index (χ2v) is 8.65. The Kier molecular flexibility index (Phi) is 4.07. The van der Waals surface area contributed by atoms with Crippen molar-refractivity contribution in [2.24, 2.45) is 0 Å². The minimum Gasteiger partial charge on any atom is -0.390 e. The number of hydrogen-bond donors (Lipinski definition) is 2. The third kappa shape index (κ3) is 3.16. The lowest BCUT2D eigenvalue weighted by molar-refractivity contribution is 0.164. The molecule has 1 aliphatic carbocycles. The summed E-state index contributed by atoms with van der Waals surface area (Å²) in [7, 11) is -3.04. The molecule has 1 saturated heterocycles. The van der Waals surface area contributed by atoms with Gasteiger partial charge in [0.2, 0.25) is 0 Å². The van der Waals surface area contributed by atoms with Crippen molar-refractivity contribution in [3.63, 3.8) is 0 Å². The second-order valence-electron chi connectivity index (χ2n) is 5.23. The fraction of sp³-hybridized carbons (Fsp3) is 1.00. The molecule has 0 amide bonds. The summed E-state index contributed by atoms with van der Waals surface area (Å²) in [5.74, 6) is -0.00440. The molecular formula is C11H21NO3S2. The van der Waals surface area contributed by atoms with E-state index in [1.807, 2.05) is 11.8 Å². The Morgan fingerprint density at radius 2 is 2.00 bits per heavy atom. The smallest absolute Gasteiger partial charge is 0.154 e. The molecule has 4 nitrogen and oxygen atoms in total. The van der Waals surface area contributed by atoms with Crippen molar-refractivity contribution < 1.29 is 13.5 Å². The molecule has 2 unspecified atom stereocenters. The van der Waals surface area contributed by atoms with E-state index in [1.54, 1.807) is 0 Å². The fourth-order valence-corrected chi connectivity index (χ4v) is 5.51. The molecule has 2 N–H and O–H groups in total. The maximum Gasteiger partial charge on any atom is 0.154 e. The van der Waals surface area contributed by atoms with Gasteiger partial charge in [0.05, 0.1) is 17.6 Å². The average molecular weight is 279 g/mol. The summed E-state index contributed by atoms with van der Waals surface area (Å²) < 4.78 is 23.0. The summed E-state index contributed by atoms with van der Waals surface area (Å²) in [5, 5.41) is 13.0. The molecule has 0 bridgehead atoms. The van der Waals surface area contributed by atoms with Crippen molar-refractivity contribution in [1.82, 2.24) is 5.32 Å². The van der Waals surface area contributed by atoms with E-state index in [1.165, 1.54) is 25.7 Å². The van der Waals surface area contributed by atoms with Crippen LogP contribution in [0.5, 0.6) is 0 Å². The van der Waals surface area contributed by atoms with Crippen LogP contribution in [-0.2, 0) is 9.84 Å². The SMILES string of the molecule is CSC1(CNC2CS(=O)(=O)CC2O)CCCC1. The van der Waals surface area contributed by atoms with E-state index >= 15 is 0 Å². The Labute approximate surface area is 107 Å². The zero-order valence-electron chi connectivity index (χ0n) is 10.2. The molecule has 0 aromatic rings. The summed E-state index contributed by atoms with van der Waals surface area (Å²) in [4.78, 5) is 0. The van der Waals surface area contributed by atoms with Gasteiger partial charge in [-0.3, -0.25) is 0 Å². The molecule has 2 fully saturated rings. The lowest BCUT2D eigenvalue weighted by Crippen LogP contribution is -2.45. The summed E-state index contributed by atoms with van der Waals surface area (Å²) in [5.41, 5.74) is 0. The van der Waals surface area contributed by atoms with Crippen molar-refractivity contribution >= 4 is 21.6 Å². The Bertz CT molecular complexity index is 363. The van der Waals surface area contributed by atoms with Crippen LogP contribution >= 0.6 is 11.8 Å². The first-order valence-electron chi connectivity index (χ1n) is 6.13. The summed E-state index contributed by atoms with van der Waals surface area (Å²) in [6, 6.07) is -0.273. The molecule has 1 heterocycles. The Morgan fingerprint density at radius 1 is 1.35 bits per heavy atom. The van der Waals surface area contributed by atoms with Crippen molar-refractivity contribution in [3.05, 3.63) is 0 Å². The summed E-state index contributed by atoms with van der Waals surface area (Å²) in [6.45, 7) is 0.811. The standard InChI is InChI=1S/C11H21NO3S2/c1-16-11(4-2-3-5-11)8-12-9-6-17(14,15)7-10(9)13/h9-10,12-13H,2-8H2,1H3. The molecular weight excluding hydrogens is 258 g/mol. The van der Waals surface area contributed by atoms with E-state index < -0.39 is 15.9 Å². The quantitative estimate of drug-likeness (QED) is 0.780. The van der Waals surface area contributed by atoms with Crippen LogP contribution in [0.1, 0.15) is 25.7 Å². The van der Waals surface area contributed by atoms with Crippen LogP contribution < -0.4 is 5.32 Å². The number of hydrogen-bond acceptors (Lipinski definition) is 5. The van der Waals surface area contributed by atoms with Crippen LogP contribution in [-0.4, -0.2) is 54.7 Å². The van der Waals surface area contributed by atoms with Gasteiger partial charge in [0, 0.05) is 17.3 Å². The first kappa shape index (κ1) is 13.6. The van der Waals surface area contributed by atoms with Gasteiger partial charge in [0.15, 0.2) is 9.84 Å². The molecule has 0 spiro atoms. The Hall–Kier alpha value is 0.220. The number of aliphatic hydroxyl groups excluding tert-OH is 1. The van der Waals surface area contributed by atoms with Gasteiger partial charge >= 0.3 is 0 Å². The first-order chi connectivity index (χ1) is 7.96. The minimum absolute atomic E-state index is 0.0820. The van der Waals surface area contributed by atoms with Gasteiger partial charge in [0.25, 0.3) is 0 Å². The number of thioether (sulfide) groups is 1. The largest absolute Gasteiger partial charge is 0.390 e. The molecule has 17 heavy (non-hydrogen) atoms. The molecule has 1 saturated carbocycles. The molecule has 0 aromatic carbocycles. The second kappa shape index (κ2) is 5.07. The molecule has 6 heteroatoms. The predicted molar refractivity (Wildman–Crippen MR) is 71.2 cm³/mol. The Morgan fingerprint density at radius 3 is 2.47 bits per heavy atom. The molecule has 2 aliphatic rings. The summed E-state index contributed by atoms with van der Waals surface area (Å²) >= 11 is 1.87. The van der Waals surface area contributed by atoms with Crippen LogP contribution in [0.15, 0.2) is 0 Å². The van der Waals surface area contributed by atoms with Gasteiger partial charge in [-0.1, -0.05) is 12.8 Å². The molecule has 1 aliphatic heterocycles. The van der Waals surface area contributed by atoms with Crippen molar-refractivity contribution in [3.8, 4) is 0 Å². The summed E-state index contributed by atoms with van der Waals surface area (Å²) in [6.07, 6.45) is 6.28. The van der Waals surface area contributed by atoms with Crippen LogP contribution in [0.3, 0.4) is 0 Å². The van der Waals surface area contributed by atoms with Gasteiger partial charge in [-0.15, -0.1) is 0 Å². The maximum atomic E-state index is 11.4. The van der Waals surface area contributed by atoms with Gasteiger partial charge in [-0.2, -0.15) is 11.8 Å².